The third-order valence-corrected chi connectivity index (χ3v) is 3.20. The third kappa shape index (κ3) is 3.64. The third-order valence-electron chi connectivity index (χ3n) is 2.67. The molecule has 98 valence electrons. The second-order valence-electron chi connectivity index (χ2n) is 4.10. The Hall–Kier alpha value is -1.68. The van der Waals surface area contributed by atoms with Crippen LogP contribution in [0.1, 0.15) is 12.6 Å². The van der Waals surface area contributed by atoms with E-state index in [0.29, 0.717) is 6.54 Å². The van der Waals surface area contributed by atoms with Crippen molar-refractivity contribution in [2.24, 2.45) is 0 Å². The summed E-state index contributed by atoms with van der Waals surface area (Å²) in [6, 6.07) is 9.99. The Kier molecular flexibility index (Phi) is 4.68. The molecule has 0 unspecified atom stereocenters. The van der Waals surface area contributed by atoms with Crippen molar-refractivity contribution < 1.29 is 0 Å². The molecule has 1 heterocycles. The minimum absolute atomic E-state index is 0.694. The van der Waals surface area contributed by atoms with Crippen LogP contribution in [0.2, 0.25) is 0 Å². The van der Waals surface area contributed by atoms with Gasteiger partial charge in [0, 0.05) is 28.3 Å². The lowest BCUT2D eigenvalue weighted by molar-refractivity contribution is 1.00. The Bertz CT molecular complexity index is 564. The quantitative estimate of drug-likeness (QED) is 0.845. The summed E-state index contributed by atoms with van der Waals surface area (Å²) in [6.07, 6.45) is 2.70. The fraction of sp³-hybridized carbons (Fsp3) is 0.200. The molecule has 0 saturated heterocycles. The van der Waals surface area contributed by atoms with Gasteiger partial charge in [-0.3, -0.25) is 0 Å². The van der Waals surface area contributed by atoms with Crippen molar-refractivity contribution in [3.63, 3.8) is 0 Å². The number of hydrogen-bond acceptors (Lipinski definition) is 3. The Balaban J connectivity index is 2.38. The van der Waals surface area contributed by atoms with Gasteiger partial charge in [-0.1, -0.05) is 41.1 Å². The van der Waals surface area contributed by atoms with Gasteiger partial charge < -0.3 is 5.32 Å². The number of hydrogen-bond donors (Lipinski definition) is 1. The van der Waals surface area contributed by atoms with Gasteiger partial charge in [-0.15, -0.1) is 6.58 Å². The van der Waals surface area contributed by atoms with Crippen LogP contribution in [0.4, 0.5) is 5.82 Å². The molecule has 19 heavy (non-hydrogen) atoms. The Labute approximate surface area is 121 Å². The zero-order valence-electron chi connectivity index (χ0n) is 10.9. The molecule has 0 aliphatic heterocycles. The van der Waals surface area contributed by atoms with E-state index in [1.807, 2.05) is 36.4 Å². The predicted molar refractivity (Wildman–Crippen MR) is 83.2 cm³/mol. The first kappa shape index (κ1) is 13.7. The normalized spacial score (nSPS) is 10.2. The van der Waals surface area contributed by atoms with E-state index in [0.717, 1.165) is 33.8 Å². The second kappa shape index (κ2) is 6.48. The summed E-state index contributed by atoms with van der Waals surface area (Å²) in [5.74, 6) is 1.59. The maximum absolute atomic E-state index is 4.57. The molecule has 0 fully saturated rings. The number of nitrogens with one attached hydrogen (secondary N) is 1. The SMILES string of the molecule is C=CCNc1cc(CC)nc(-c2ccc(Br)cc2)n1. The topological polar surface area (TPSA) is 37.8 Å². The van der Waals surface area contributed by atoms with E-state index in [4.69, 9.17) is 0 Å². The average molecular weight is 318 g/mol. The molecule has 1 N–H and O–H groups in total. The number of anilines is 1. The number of rotatable bonds is 5. The summed E-state index contributed by atoms with van der Waals surface area (Å²) >= 11 is 3.43. The van der Waals surface area contributed by atoms with Gasteiger partial charge in [0.25, 0.3) is 0 Å². The van der Waals surface area contributed by atoms with Crippen LogP contribution in [0.3, 0.4) is 0 Å². The lowest BCUT2D eigenvalue weighted by atomic mass is 10.2. The molecule has 0 aliphatic carbocycles. The van der Waals surface area contributed by atoms with Crippen molar-refractivity contribution in [1.29, 1.82) is 0 Å². The summed E-state index contributed by atoms with van der Waals surface area (Å²) < 4.78 is 1.05. The van der Waals surface area contributed by atoms with Gasteiger partial charge in [0.2, 0.25) is 0 Å². The van der Waals surface area contributed by atoms with Gasteiger partial charge in [-0.2, -0.15) is 0 Å². The van der Waals surface area contributed by atoms with Gasteiger partial charge in [0.05, 0.1) is 0 Å². The fourth-order valence-electron chi connectivity index (χ4n) is 1.67. The molecule has 4 heteroatoms. The molecule has 1 aromatic heterocycles. The van der Waals surface area contributed by atoms with Crippen molar-refractivity contribution >= 4 is 21.7 Å². The number of nitrogens with zero attached hydrogens (tertiary/aromatic N) is 2. The maximum atomic E-state index is 4.57. The molecule has 2 rings (SSSR count). The van der Waals surface area contributed by atoms with E-state index < -0.39 is 0 Å². The molecule has 0 amide bonds. The van der Waals surface area contributed by atoms with E-state index in [2.05, 4.69) is 44.7 Å². The molecular weight excluding hydrogens is 302 g/mol. The smallest absolute Gasteiger partial charge is 0.161 e. The van der Waals surface area contributed by atoms with Gasteiger partial charge in [-0.25, -0.2) is 9.97 Å². The highest BCUT2D eigenvalue weighted by molar-refractivity contribution is 9.10. The van der Waals surface area contributed by atoms with Crippen LogP contribution in [0.5, 0.6) is 0 Å². The van der Waals surface area contributed by atoms with Gasteiger partial charge >= 0.3 is 0 Å². The van der Waals surface area contributed by atoms with Gasteiger partial charge in [0.1, 0.15) is 5.82 Å². The van der Waals surface area contributed by atoms with Crippen molar-refractivity contribution in [2.75, 3.05) is 11.9 Å². The number of halogens is 1. The first-order valence-corrected chi connectivity index (χ1v) is 7.01. The highest BCUT2D eigenvalue weighted by Gasteiger charge is 2.05. The summed E-state index contributed by atoms with van der Waals surface area (Å²) in [5, 5.41) is 3.21. The second-order valence-corrected chi connectivity index (χ2v) is 5.01. The van der Waals surface area contributed by atoms with Crippen molar-refractivity contribution in [3.8, 4) is 11.4 Å². The Morgan fingerprint density at radius 3 is 2.63 bits per heavy atom. The van der Waals surface area contributed by atoms with Crippen LogP contribution in [-0.2, 0) is 6.42 Å². The van der Waals surface area contributed by atoms with E-state index >= 15 is 0 Å². The van der Waals surface area contributed by atoms with Gasteiger partial charge in [-0.05, 0) is 18.6 Å². The Morgan fingerprint density at radius 1 is 1.26 bits per heavy atom. The molecule has 0 spiro atoms. The predicted octanol–water partition coefficient (Wildman–Crippen LogP) is 4.07. The molecule has 1 aromatic carbocycles. The molecule has 0 aliphatic rings. The molecule has 3 nitrogen and oxygen atoms in total. The molecule has 2 aromatic rings. The maximum Gasteiger partial charge on any atom is 0.161 e. The van der Waals surface area contributed by atoms with Crippen LogP contribution >= 0.6 is 15.9 Å². The highest BCUT2D eigenvalue weighted by atomic mass is 79.9. The van der Waals surface area contributed by atoms with Crippen molar-refractivity contribution in [3.05, 3.63) is 53.2 Å². The average Bonchev–Trinajstić information content (AvgIpc) is 2.45. The first-order valence-electron chi connectivity index (χ1n) is 6.21. The van der Waals surface area contributed by atoms with Crippen molar-refractivity contribution in [1.82, 2.24) is 9.97 Å². The molecule has 0 saturated carbocycles. The van der Waals surface area contributed by atoms with Crippen molar-refractivity contribution in [2.45, 2.75) is 13.3 Å². The fourth-order valence-corrected chi connectivity index (χ4v) is 1.94. The van der Waals surface area contributed by atoms with Crippen LogP contribution in [0.15, 0.2) is 47.5 Å². The molecule has 0 atom stereocenters. The standard InChI is InChI=1S/C15H16BrN3/c1-3-9-17-14-10-13(4-2)18-15(19-14)11-5-7-12(16)8-6-11/h3,5-8,10H,1,4,9H2,2H3,(H,17,18,19). The molecular formula is C15H16BrN3. The summed E-state index contributed by atoms with van der Waals surface area (Å²) in [5.41, 5.74) is 2.04. The van der Waals surface area contributed by atoms with E-state index in [1.165, 1.54) is 0 Å². The number of benzene rings is 1. The zero-order chi connectivity index (χ0) is 13.7. The minimum Gasteiger partial charge on any atom is -0.366 e. The van der Waals surface area contributed by atoms with E-state index in [1.54, 1.807) is 0 Å². The minimum atomic E-state index is 0.694. The number of aromatic nitrogens is 2. The molecule has 0 radical (unpaired) electrons. The molecule has 0 bridgehead atoms. The first-order chi connectivity index (χ1) is 9.22. The van der Waals surface area contributed by atoms with Gasteiger partial charge in [0.15, 0.2) is 5.82 Å². The summed E-state index contributed by atoms with van der Waals surface area (Å²) in [7, 11) is 0. The Morgan fingerprint density at radius 2 is 2.00 bits per heavy atom. The lowest BCUT2D eigenvalue weighted by Gasteiger charge is -2.08. The van der Waals surface area contributed by atoms with E-state index in [9.17, 15) is 0 Å². The van der Waals surface area contributed by atoms with Crippen LogP contribution in [0, 0.1) is 0 Å². The van der Waals surface area contributed by atoms with Crippen LogP contribution in [-0.4, -0.2) is 16.5 Å². The van der Waals surface area contributed by atoms with E-state index in [-0.39, 0.29) is 0 Å². The zero-order valence-corrected chi connectivity index (χ0v) is 12.4. The van der Waals surface area contributed by atoms with Crippen LogP contribution in [0.25, 0.3) is 11.4 Å². The summed E-state index contributed by atoms with van der Waals surface area (Å²) in [6.45, 7) is 6.48. The highest BCUT2D eigenvalue weighted by Crippen LogP contribution is 2.20. The largest absolute Gasteiger partial charge is 0.366 e. The number of aryl methyl sites for hydroxylation is 1. The van der Waals surface area contributed by atoms with Crippen LogP contribution < -0.4 is 5.32 Å². The summed E-state index contributed by atoms with van der Waals surface area (Å²) in [4.78, 5) is 9.10. The lowest BCUT2D eigenvalue weighted by Crippen LogP contribution is -2.04. The monoisotopic (exact) mass is 317 g/mol.